The van der Waals surface area contributed by atoms with E-state index in [0.29, 0.717) is 25.0 Å². The van der Waals surface area contributed by atoms with Crippen molar-refractivity contribution < 1.29 is 9.59 Å². The van der Waals surface area contributed by atoms with E-state index in [1.54, 1.807) is 11.9 Å². The zero-order chi connectivity index (χ0) is 25.4. The van der Waals surface area contributed by atoms with Gasteiger partial charge in [-0.3, -0.25) is 19.6 Å². The molecule has 3 saturated heterocycles. The standard InChI is InChI=1S/C28H35N7O2/c1-33-27(36)24-25(31-21-7-3-2-4-8-21)34(32-26(24)35(28(33)37)22-14-16-29-17-22)18-19-10-12-20(13-11-19)23-9-5-6-15-30-23/h2-4,7-8,10-13,22-25,29-31H,5-6,9,14-18H2,1H3. The molecule has 3 N–H and O–H groups in total. The number of urea groups is 1. The first kappa shape index (κ1) is 23.9. The van der Waals surface area contributed by atoms with Gasteiger partial charge in [0.15, 0.2) is 0 Å². The normalized spacial score (nSPS) is 27.9. The molecule has 6 rings (SSSR count). The molecule has 0 aromatic heterocycles. The van der Waals surface area contributed by atoms with Gasteiger partial charge in [-0.15, -0.1) is 0 Å². The number of piperidine rings is 1. The minimum Gasteiger partial charge on any atom is -0.363 e. The number of nitrogens with zero attached hydrogens (tertiary/aromatic N) is 4. The van der Waals surface area contributed by atoms with Gasteiger partial charge in [-0.2, -0.15) is 5.10 Å². The Labute approximate surface area is 217 Å². The highest BCUT2D eigenvalue weighted by Crippen LogP contribution is 2.34. The molecule has 9 heteroatoms. The number of hydrazone groups is 1. The SMILES string of the molecule is CN1C(=O)C2C(=NN(Cc3ccc(C4CCCCN4)cc3)C2Nc2ccccc2)N(C2CCNC2)C1=O. The highest BCUT2D eigenvalue weighted by Gasteiger charge is 2.54. The first-order chi connectivity index (χ1) is 18.1. The second kappa shape index (κ2) is 10.1. The Kier molecular flexibility index (Phi) is 6.56. The number of benzene rings is 2. The van der Waals surface area contributed by atoms with E-state index in [4.69, 9.17) is 5.10 Å². The highest BCUT2D eigenvalue weighted by molar-refractivity contribution is 6.19. The molecular weight excluding hydrogens is 466 g/mol. The monoisotopic (exact) mass is 501 g/mol. The Hall–Kier alpha value is -3.43. The molecule has 3 fully saturated rings. The van der Waals surface area contributed by atoms with Crippen LogP contribution in [0.1, 0.15) is 42.9 Å². The molecule has 0 aliphatic carbocycles. The van der Waals surface area contributed by atoms with E-state index in [1.807, 2.05) is 35.3 Å². The molecule has 4 aliphatic rings. The maximum atomic E-state index is 13.5. The molecular formula is C28H35N7O2. The van der Waals surface area contributed by atoms with E-state index in [-0.39, 0.29) is 18.0 Å². The van der Waals surface area contributed by atoms with E-state index in [1.165, 1.54) is 29.7 Å². The molecule has 4 heterocycles. The van der Waals surface area contributed by atoms with Crippen molar-refractivity contribution in [1.29, 1.82) is 0 Å². The molecule has 194 valence electrons. The van der Waals surface area contributed by atoms with E-state index >= 15 is 0 Å². The molecule has 4 atom stereocenters. The fourth-order valence-corrected chi connectivity index (χ4v) is 5.95. The minimum absolute atomic E-state index is 0.0103. The van der Waals surface area contributed by atoms with Gasteiger partial charge in [0.1, 0.15) is 17.9 Å². The zero-order valence-electron chi connectivity index (χ0n) is 21.3. The second-order valence-corrected chi connectivity index (χ2v) is 10.4. The topological polar surface area (TPSA) is 92.3 Å². The molecule has 37 heavy (non-hydrogen) atoms. The quantitative estimate of drug-likeness (QED) is 0.564. The molecule has 4 aliphatic heterocycles. The van der Waals surface area contributed by atoms with Crippen molar-refractivity contribution in [2.24, 2.45) is 11.0 Å². The minimum atomic E-state index is -0.575. The van der Waals surface area contributed by atoms with Crippen molar-refractivity contribution in [1.82, 2.24) is 25.4 Å². The van der Waals surface area contributed by atoms with Crippen molar-refractivity contribution in [2.45, 2.75) is 50.5 Å². The summed E-state index contributed by atoms with van der Waals surface area (Å²) in [6.07, 6.45) is 4.10. The fourth-order valence-electron chi connectivity index (χ4n) is 5.95. The van der Waals surface area contributed by atoms with E-state index in [0.717, 1.165) is 30.8 Å². The second-order valence-electron chi connectivity index (χ2n) is 10.4. The Morgan fingerprint density at radius 3 is 2.51 bits per heavy atom. The molecule has 2 aromatic carbocycles. The summed E-state index contributed by atoms with van der Waals surface area (Å²) in [6.45, 7) is 3.15. The maximum Gasteiger partial charge on any atom is 0.332 e. The largest absolute Gasteiger partial charge is 0.363 e. The molecule has 0 radical (unpaired) electrons. The van der Waals surface area contributed by atoms with E-state index in [2.05, 4.69) is 40.2 Å². The van der Waals surface area contributed by atoms with Crippen LogP contribution in [0.5, 0.6) is 0 Å². The van der Waals surface area contributed by atoms with Crippen LogP contribution in [0.15, 0.2) is 59.7 Å². The van der Waals surface area contributed by atoms with Crippen molar-refractivity contribution >= 4 is 23.5 Å². The molecule has 9 nitrogen and oxygen atoms in total. The molecule has 0 bridgehead atoms. The first-order valence-electron chi connectivity index (χ1n) is 13.4. The predicted octanol–water partition coefficient (Wildman–Crippen LogP) is 2.94. The summed E-state index contributed by atoms with van der Waals surface area (Å²) < 4.78 is 0. The molecule has 0 spiro atoms. The van der Waals surface area contributed by atoms with Crippen LogP contribution in [0.25, 0.3) is 0 Å². The van der Waals surface area contributed by atoms with Gasteiger partial charge in [0.25, 0.3) is 0 Å². The smallest absolute Gasteiger partial charge is 0.332 e. The lowest BCUT2D eigenvalue weighted by Crippen LogP contribution is -2.63. The summed E-state index contributed by atoms with van der Waals surface area (Å²) in [6, 6.07) is 18.7. The third kappa shape index (κ3) is 4.57. The van der Waals surface area contributed by atoms with Crippen molar-refractivity contribution in [3.63, 3.8) is 0 Å². The van der Waals surface area contributed by atoms with E-state index < -0.39 is 12.1 Å². The van der Waals surface area contributed by atoms with Crippen LogP contribution in [0.4, 0.5) is 10.5 Å². The number of hydrogen-bond donors (Lipinski definition) is 3. The lowest BCUT2D eigenvalue weighted by Gasteiger charge is -2.39. The maximum absolute atomic E-state index is 13.5. The van der Waals surface area contributed by atoms with Crippen LogP contribution in [-0.2, 0) is 11.3 Å². The number of fused-ring (bicyclic) bond motifs is 1. The number of amides is 3. The number of amidine groups is 1. The number of nitrogens with one attached hydrogen (secondary N) is 3. The average Bonchev–Trinajstić information content (AvgIpc) is 3.58. The van der Waals surface area contributed by atoms with Gasteiger partial charge >= 0.3 is 6.03 Å². The van der Waals surface area contributed by atoms with Gasteiger partial charge in [0.2, 0.25) is 5.91 Å². The number of carbonyl (C=O) groups excluding carboxylic acids is 2. The first-order valence-corrected chi connectivity index (χ1v) is 13.4. The van der Waals surface area contributed by atoms with Crippen LogP contribution >= 0.6 is 0 Å². The van der Waals surface area contributed by atoms with Crippen LogP contribution in [0.3, 0.4) is 0 Å². The summed E-state index contributed by atoms with van der Waals surface area (Å²) in [5.74, 6) is -0.243. The van der Waals surface area contributed by atoms with Crippen LogP contribution in [-0.4, -0.2) is 71.5 Å². The molecule has 2 aromatic rings. The lowest BCUT2D eigenvalue weighted by atomic mass is 9.96. The van der Waals surface area contributed by atoms with Crippen LogP contribution in [0.2, 0.25) is 0 Å². The highest BCUT2D eigenvalue weighted by atomic mass is 16.2. The Bertz CT molecular complexity index is 1160. The van der Waals surface area contributed by atoms with Gasteiger partial charge < -0.3 is 16.0 Å². The number of hydrogen-bond acceptors (Lipinski definition) is 7. The average molecular weight is 502 g/mol. The molecule has 0 saturated carbocycles. The van der Waals surface area contributed by atoms with Gasteiger partial charge in [-0.1, -0.05) is 48.9 Å². The third-order valence-corrected chi connectivity index (χ3v) is 8.01. The van der Waals surface area contributed by atoms with Gasteiger partial charge in [-0.05, 0) is 55.6 Å². The van der Waals surface area contributed by atoms with E-state index in [9.17, 15) is 9.59 Å². The summed E-state index contributed by atoms with van der Waals surface area (Å²) in [7, 11) is 1.58. The van der Waals surface area contributed by atoms with Crippen molar-refractivity contribution in [3.05, 3.63) is 65.7 Å². The Morgan fingerprint density at radius 2 is 1.81 bits per heavy atom. The zero-order valence-corrected chi connectivity index (χ0v) is 21.3. The summed E-state index contributed by atoms with van der Waals surface area (Å²) in [5.41, 5.74) is 3.34. The summed E-state index contributed by atoms with van der Waals surface area (Å²) >= 11 is 0. The Morgan fingerprint density at radius 1 is 1.00 bits per heavy atom. The summed E-state index contributed by atoms with van der Waals surface area (Å²) in [5, 5.41) is 17.4. The number of rotatable bonds is 6. The lowest BCUT2D eigenvalue weighted by molar-refractivity contribution is -0.132. The van der Waals surface area contributed by atoms with Crippen molar-refractivity contribution in [3.8, 4) is 0 Å². The van der Waals surface area contributed by atoms with Crippen LogP contribution < -0.4 is 16.0 Å². The number of imide groups is 1. The van der Waals surface area contributed by atoms with Gasteiger partial charge in [0, 0.05) is 25.3 Å². The fraction of sp³-hybridized carbons (Fsp3) is 0.464. The number of anilines is 1. The number of para-hydroxylation sites is 1. The molecule has 3 amide bonds. The van der Waals surface area contributed by atoms with Gasteiger partial charge in [0.05, 0.1) is 12.6 Å². The summed E-state index contributed by atoms with van der Waals surface area (Å²) in [4.78, 5) is 29.8. The van der Waals surface area contributed by atoms with Crippen LogP contribution in [0, 0.1) is 5.92 Å². The number of carbonyl (C=O) groups is 2. The Balaban J connectivity index is 1.31. The third-order valence-electron chi connectivity index (χ3n) is 8.01. The van der Waals surface area contributed by atoms with Gasteiger partial charge in [-0.25, -0.2) is 4.79 Å². The molecule has 4 unspecified atom stereocenters. The van der Waals surface area contributed by atoms with Crippen molar-refractivity contribution in [2.75, 3.05) is 32.0 Å². The predicted molar refractivity (Wildman–Crippen MR) is 143 cm³/mol.